The molecule has 0 aliphatic heterocycles. The van der Waals surface area contributed by atoms with Gasteiger partial charge in [-0.15, -0.1) is 0 Å². The molecule has 0 atom stereocenters. The molecule has 0 fully saturated rings. The van der Waals surface area contributed by atoms with Gasteiger partial charge in [-0.25, -0.2) is 0 Å². The molecule has 2 nitrogen and oxygen atoms in total. The van der Waals surface area contributed by atoms with Gasteiger partial charge in [0.15, 0.2) is 5.97 Å². The number of hydrogen-bond acceptors (Lipinski definition) is 2. The van der Waals surface area contributed by atoms with Gasteiger partial charge < -0.3 is 9.90 Å². The lowest BCUT2D eigenvalue weighted by atomic mass is 10.2. The molecule has 0 aliphatic carbocycles. The number of carboxylic acid groups (broad SMARTS) is 1. The van der Waals surface area contributed by atoms with E-state index < -0.39 is 5.97 Å². The predicted molar refractivity (Wildman–Crippen MR) is 44.8 cm³/mol. The summed E-state index contributed by atoms with van der Waals surface area (Å²) in [5.41, 5.74) is 0.968. The lowest BCUT2D eigenvalue weighted by Crippen LogP contribution is -2.21. The molecule has 0 aliphatic rings. The second-order valence-corrected chi connectivity index (χ2v) is 2.26. The number of carboxylic acids is 1. The predicted octanol–water partition coefficient (Wildman–Crippen LogP) is 0.654. The number of rotatable bonds is 3. The van der Waals surface area contributed by atoms with Gasteiger partial charge in [0.05, 0.1) is 18.1 Å². The summed E-state index contributed by atoms with van der Waals surface area (Å²) in [6, 6.07) is 9.45. The van der Waals surface area contributed by atoms with Crippen LogP contribution in [0.2, 0.25) is 0 Å². The van der Waals surface area contributed by atoms with Gasteiger partial charge in [0, 0.05) is 0 Å². The van der Waals surface area contributed by atoms with Crippen molar-refractivity contribution in [2.24, 2.45) is 0 Å². The maximum Gasteiger partial charge on any atom is 0.156 e. The molecule has 0 saturated heterocycles. The number of carbonyl (C=O) groups excluding carboxylic acids is 1. The Hall–Kier alpha value is -1.70. The Morgan fingerprint density at radius 3 is 2.58 bits per heavy atom. The molecule has 0 aromatic heterocycles. The first kappa shape index (κ1) is 8.40. The summed E-state index contributed by atoms with van der Waals surface area (Å²) in [5.74, 6) is -1.18. The van der Waals surface area contributed by atoms with Gasteiger partial charge in [0.2, 0.25) is 0 Å². The van der Waals surface area contributed by atoms with Crippen LogP contribution in [-0.4, -0.2) is 5.97 Å². The van der Waals surface area contributed by atoms with E-state index in [0.29, 0.717) is 0 Å². The SMILES string of the molecule is O=C([O-])[CH+]C=Cc1ccccc1. The van der Waals surface area contributed by atoms with Crippen molar-refractivity contribution in [1.29, 1.82) is 0 Å². The summed E-state index contributed by atoms with van der Waals surface area (Å²) in [4.78, 5) is 9.97. The molecule has 12 heavy (non-hydrogen) atoms. The maximum absolute atomic E-state index is 9.97. The van der Waals surface area contributed by atoms with Crippen LogP contribution in [0.25, 0.3) is 6.08 Å². The molecule has 0 unspecified atom stereocenters. The summed E-state index contributed by atoms with van der Waals surface area (Å²) in [6.45, 7) is 0. The lowest BCUT2D eigenvalue weighted by molar-refractivity contribution is -0.299. The normalized spacial score (nSPS) is 10.0. The van der Waals surface area contributed by atoms with E-state index in [0.717, 1.165) is 12.0 Å². The first-order chi connectivity index (χ1) is 5.79. The van der Waals surface area contributed by atoms with Gasteiger partial charge in [0.25, 0.3) is 0 Å². The van der Waals surface area contributed by atoms with E-state index in [1.54, 1.807) is 6.08 Å². The van der Waals surface area contributed by atoms with Crippen LogP contribution in [-0.2, 0) is 4.79 Å². The fourth-order valence-corrected chi connectivity index (χ4v) is 0.802. The van der Waals surface area contributed by atoms with Crippen LogP contribution >= 0.6 is 0 Å². The van der Waals surface area contributed by atoms with Gasteiger partial charge in [-0.3, -0.25) is 0 Å². The highest BCUT2D eigenvalue weighted by molar-refractivity contribution is 5.78. The van der Waals surface area contributed by atoms with E-state index >= 15 is 0 Å². The highest BCUT2D eigenvalue weighted by Gasteiger charge is 1.90. The number of aliphatic carboxylic acids is 1. The minimum absolute atomic E-state index is 0.968. The Bertz CT molecular complexity index is 275. The molecule has 0 radical (unpaired) electrons. The summed E-state index contributed by atoms with van der Waals surface area (Å²) in [7, 11) is 0. The molecule has 0 saturated carbocycles. The number of benzene rings is 1. The van der Waals surface area contributed by atoms with E-state index in [4.69, 9.17) is 0 Å². The van der Waals surface area contributed by atoms with Crippen molar-refractivity contribution < 1.29 is 9.90 Å². The fourth-order valence-electron chi connectivity index (χ4n) is 0.802. The first-order valence-corrected chi connectivity index (χ1v) is 3.56. The molecule has 1 aromatic carbocycles. The molecule has 1 rings (SSSR count). The highest BCUT2D eigenvalue weighted by atomic mass is 16.4. The van der Waals surface area contributed by atoms with Crippen molar-refractivity contribution in [3.05, 3.63) is 48.4 Å². The fraction of sp³-hybridized carbons (Fsp3) is 0. The van der Waals surface area contributed by atoms with Crippen LogP contribution in [0, 0.1) is 6.42 Å². The van der Waals surface area contributed by atoms with E-state index in [1.807, 2.05) is 30.3 Å². The third-order valence-electron chi connectivity index (χ3n) is 1.32. The zero-order valence-electron chi connectivity index (χ0n) is 6.44. The average Bonchev–Trinajstić information content (AvgIpc) is 2.05. The highest BCUT2D eigenvalue weighted by Crippen LogP contribution is 2.00. The zero-order chi connectivity index (χ0) is 8.81. The number of carbonyl (C=O) groups is 1. The van der Waals surface area contributed by atoms with Crippen LogP contribution < -0.4 is 5.11 Å². The second-order valence-electron chi connectivity index (χ2n) is 2.26. The number of hydrogen-bond donors (Lipinski definition) is 0. The van der Waals surface area contributed by atoms with Crippen molar-refractivity contribution in [3.63, 3.8) is 0 Å². The van der Waals surface area contributed by atoms with Gasteiger partial charge in [0.1, 0.15) is 6.08 Å². The van der Waals surface area contributed by atoms with Crippen molar-refractivity contribution in [2.45, 2.75) is 0 Å². The van der Waals surface area contributed by atoms with Crippen molar-refractivity contribution >= 4 is 12.0 Å². The largest absolute Gasteiger partial charge is 0.527 e. The van der Waals surface area contributed by atoms with Gasteiger partial charge >= 0.3 is 0 Å². The van der Waals surface area contributed by atoms with E-state index in [1.165, 1.54) is 6.08 Å². The van der Waals surface area contributed by atoms with Gasteiger partial charge in [-0.2, -0.15) is 0 Å². The summed E-state index contributed by atoms with van der Waals surface area (Å²) in [5, 5.41) is 9.97. The van der Waals surface area contributed by atoms with Crippen LogP contribution in [0.5, 0.6) is 0 Å². The smallest absolute Gasteiger partial charge is 0.156 e. The summed E-state index contributed by atoms with van der Waals surface area (Å²) < 4.78 is 0. The summed E-state index contributed by atoms with van der Waals surface area (Å²) >= 11 is 0. The average molecular weight is 160 g/mol. The van der Waals surface area contributed by atoms with Crippen molar-refractivity contribution in [3.8, 4) is 0 Å². The Balaban J connectivity index is 2.52. The van der Waals surface area contributed by atoms with Gasteiger partial charge in [-0.05, 0) is 12.1 Å². The molecule has 0 heterocycles. The minimum Gasteiger partial charge on any atom is -0.527 e. The Morgan fingerprint density at radius 1 is 1.33 bits per heavy atom. The van der Waals surface area contributed by atoms with Crippen molar-refractivity contribution in [1.82, 2.24) is 0 Å². The monoisotopic (exact) mass is 160 g/mol. The Labute approximate surface area is 71.2 Å². The molecule has 2 heteroatoms. The zero-order valence-corrected chi connectivity index (χ0v) is 6.44. The third-order valence-corrected chi connectivity index (χ3v) is 1.32. The molecule has 0 amide bonds. The van der Waals surface area contributed by atoms with Crippen LogP contribution in [0.1, 0.15) is 5.56 Å². The second kappa shape index (κ2) is 4.23. The molecule has 60 valence electrons. The molecule has 0 bridgehead atoms. The van der Waals surface area contributed by atoms with E-state index in [-0.39, 0.29) is 0 Å². The lowest BCUT2D eigenvalue weighted by Gasteiger charge is -1.86. The summed E-state index contributed by atoms with van der Waals surface area (Å²) in [6.07, 6.45) is 4.15. The first-order valence-electron chi connectivity index (χ1n) is 3.56. The standard InChI is InChI=1S/C10H8O2/c11-10(12)8-4-7-9-5-2-1-3-6-9/h1-8H. The quantitative estimate of drug-likeness (QED) is 0.609. The Morgan fingerprint density at radius 2 is 2.00 bits per heavy atom. The topological polar surface area (TPSA) is 40.1 Å². The molecule has 1 aromatic rings. The van der Waals surface area contributed by atoms with Crippen LogP contribution in [0.4, 0.5) is 0 Å². The van der Waals surface area contributed by atoms with Crippen molar-refractivity contribution in [2.75, 3.05) is 0 Å². The Kier molecular flexibility index (Phi) is 2.96. The van der Waals surface area contributed by atoms with Crippen LogP contribution in [0.3, 0.4) is 0 Å². The molecular weight excluding hydrogens is 152 g/mol. The molecule has 0 N–H and O–H groups in total. The third kappa shape index (κ3) is 2.92. The van der Waals surface area contributed by atoms with Crippen LogP contribution in [0.15, 0.2) is 36.4 Å². The van der Waals surface area contributed by atoms with E-state index in [2.05, 4.69) is 0 Å². The molecule has 0 spiro atoms. The van der Waals surface area contributed by atoms with Gasteiger partial charge in [-0.1, -0.05) is 18.2 Å². The molecular formula is C10H8O2. The minimum atomic E-state index is -1.18. The maximum atomic E-state index is 9.97. The van der Waals surface area contributed by atoms with E-state index in [9.17, 15) is 9.90 Å².